The minimum atomic E-state index is -0.558. The second kappa shape index (κ2) is 11.6. The van der Waals surface area contributed by atoms with Gasteiger partial charge in [0.05, 0.1) is 28.9 Å². The van der Waals surface area contributed by atoms with Crippen molar-refractivity contribution in [2.75, 3.05) is 19.7 Å². The summed E-state index contributed by atoms with van der Waals surface area (Å²) in [7, 11) is 1.89. The van der Waals surface area contributed by atoms with Gasteiger partial charge in [-0.1, -0.05) is 29.8 Å². The zero-order valence-corrected chi connectivity index (χ0v) is 24.4. The Hall–Kier alpha value is -3.86. The molecule has 3 N–H and O–H groups in total. The maximum absolute atomic E-state index is 12.4. The molecule has 0 radical (unpaired) electrons. The molecule has 1 saturated heterocycles. The Morgan fingerprint density at radius 3 is 2.78 bits per heavy atom. The predicted octanol–water partition coefficient (Wildman–Crippen LogP) is 5.76. The number of nitrogens with zero attached hydrogens (tertiary/aromatic N) is 4. The highest BCUT2D eigenvalue weighted by Crippen LogP contribution is 2.39. The van der Waals surface area contributed by atoms with Crippen LogP contribution >= 0.6 is 22.9 Å². The number of imidazole rings is 1. The topological polar surface area (TPSA) is 109 Å². The quantitative estimate of drug-likeness (QED) is 0.226. The van der Waals surface area contributed by atoms with Gasteiger partial charge in [-0.15, -0.1) is 11.3 Å². The lowest BCUT2D eigenvalue weighted by Crippen LogP contribution is -2.30. The summed E-state index contributed by atoms with van der Waals surface area (Å²) in [6.07, 6.45) is 7.25. The average molecular weight is 591 g/mol. The SMILES string of the molecule is C[C@@H](Oc1cc(-n2cnc3cc(-c4cnn(C)c4)ccc32)sc1C(N)=O)c1cccc(OCC2CCNCC2)c1Cl. The number of primary amides is 1. The number of hydrogen-bond donors (Lipinski definition) is 2. The molecule has 0 spiro atoms. The molecule has 0 unspecified atom stereocenters. The molecule has 1 aliphatic heterocycles. The Labute approximate surface area is 246 Å². The number of fused-ring (bicyclic) bond motifs is 1. The third-order valence-corrected chi connectivity index (χ3v) is 8.93. The molecule has 0 saturated carbocycles. The molecule has 6 rings (SSSR count). The van der Waals surface area contributed by atoms with Crippen molar-refractivity contribution >= 4 is 39.9 Å². The third-order valence-electron chi connectivity index (χ3n) is 7.40. The molecule has 1 amide bonds. The second-order valence-electron chi connectivity index (χ2n) is 10.3. The summed E-state index contributed by atoms with van der Waals surface area (Å²) in [5.74, 6) is 0.982. The van der Waals surface area contributed by atoms with Crippen LogP contribution in [0.2, 0.25) is 5.02 Å². The molecular weight excluding hydrogens is 560 g/mol. The molecule has 9 nitrogen and oxygen atoms in total. The molecular formula is C30H31ClN6O3S. The highest BCUT2D eigenvalue weighted by molar-refractivity contribution is 7.16. The Morgan fingerprint density at radius 2 is 2.02 bits per heavy atom. The van der Waals surface area contributed by atoms with Crippen LogP contribution in [0.5, 0.6) is 11.5 Å². The van der Waals surface area contributed by atoms with E-state index >= 15 is 0 Å². The van der Waals surface area contributed by atoms with Gasteiger partial charge in [0.1, 0.15) is 33.8 Å². The number of piperidine rings is 1. The standard InChI is InChI=1S/C30H31ClN6O3S/c1-18(22-4-3-5-25(28(22)31)39-16-19-8-10-33-11-9-19)40-26-13-27(41-29(26)30(32)38)37-17-34-23-12-20(6-7-24(23)37)21-14-35-36(2)15-21/h3-7,12-15,17-19,33H,8-11,16H2,1-2H3,(H2,32,38)/t18-/m1/s1. The van der Waals surface area contributed by atoms with Gasteiger partial charge < -0.3 is 20.5 Å². The van der Waals surface area contributed by atoms with Crippen LogP contribution in [0, 0.1) is 5.92 Å². The maximum atomic E-state index is 12.4. The fourth-order valence-electron chi connectivity index (χ4n) is 5.14. The van der Waals surface area contributed by atoms with E-state index in [0.717, 1.165) is 58.7 Å². The van der Waals surface area contributed by atoms with Crippen molar-refractivity contribution in [1.82, 2.24) is 24.6 Å². The molecule has 1 atom stereocenters. The summed E-state index contributed by atoms with van der Waals surface area (Å²) in [5.41, 5.74) is 10.3. The fraction of sp³-hybridized carbons (Fsp3) is 0.300. The highest BCUT2D eigenvalue weighted by Gasteiger charge is 2.23. The molecule has 1 fully saturated rings. The molecule has 3 aromatic heterocycles. The Kier molecular flexibility index (Phi) is 7.70. The van der Waals surface area contributed by atoms with E-state index in [1.807, 2.05) is 73.4 Å². The van der Waals surface area contributed by atoms with Crippen LogP contribution in [0.3, 0.4) is 0 Å². The number of halogens is 1. The van der Waals surface area contributed by atoms with Gasteiger partial charge in [-0.25, -0.2) is 4.98 Å². The van der Waals surface area contributed by atoms with Gasteiger partial charge in [0.2, 0.25) is 0 Å². The number of nitrogens with two attached hydrogens (primary N) is 1. The number of nitrogens with one attached hydrogen (secondary N) is 1. The summed E-state index contributed by atoms with van der Waals surface area (Å²) < 4.78 is 16.1. The highest BCUT2D eigenvalue weighted by atomic mass is 35.5. The number of benzene rings is 2. The molecule has 2 aromatic carbocycles. The minimum absolute atomic E-state index is 0.329. The van der Waals surface area contributed by atoms with E-state index in [0.29, 0.717) is 33.9 Å². The molecule has 0 bridgehead atoms. The molecule has 212 valence electrons. The Morgan fingerprint density at radius 1 is 1.20 bits per heavy atom. The lowest BCUT2D eigenvalue weighted by Gasteiger charge is -2.23. The van der Waals surface area contributed by atoms with E-state index in [-0.39, 0.29) is 0 Å². The zero-order valence-electron chi connectivity index (χ0n) is 22.8. The van der Waals surface area contributed by atoms with Crippen molar-refractivity contribution in [2.24, 2.45) is 18.7 Å². The average Bonchev–Trinajstić information content (AvgIpc) is 3.71. The first-order chi connectivity index (χ1) is 19.9. The van der Waals surface area contributed by atoms with E-state index in [1.165, 1.54) is 11.3 Å². The largest absolute Gasteiger partial charge is 0.492 e. The number of amides is 1. The van der Waals surface area contributed by atoms with Crippen molar-refractivity contribution in [3.63, 3.8) is 0 Å². The normalized spacial score (nSPS) is 14.8. The number of carbonyl (C=O) groups is 1. The molecule has 41 heavy (non-hydrogen) atoms. The van der Waals surface area contributed by atoms with Crippen LogP contribution in [0.25, 0.3) is 27.2 Å². The second-order valence-corrected chi connectivity index (χ2v) is 11.7. The van der Waals surface area contributed by atoms with Crippen molar-refractivity contribution in [2.45, 2.75) is 25.9 Å². The van der Waals surface area contributed by atoms with Crippen molar-refractivity contribution in [1.29, 1.82) is 0 Å². The number of carbonyl (C=O) groups excluding carboxylic acids is 1. The van der Waals surface area contributed by atoms with E-state index in [9.17, 15) is 4.79 Å². The van der Waals surface area contributed by atoms with E-state index < -0.39 is 12.0 Å². The van der Waals surface area contributed by atoms with Gasteiger partial charge in [0, 0.05) is 30.4 Å². The van der Waals surface area contributed by atoms with Crippen molar-refractivity contribution < 1.29 is 14.3 Å². The van der Waals surface area contributed by atoms with Gasteiger partial charge in [-0.2, -0.15) is 5.10 Å². The van der Waals surface area contributed by atoms with Crippen LogP contribution in [-0.2, 0) is 7.05 Å². The first-order valence-electron chi connectivity index (χ1n) is 13.6. The number of aromatic nitrogens is 4. The van der Waals surface area contributed by atoms with E-state index in [2.05, 4.69) is 15.4 Å². The van der Waals surface area contributed by atoms with Crippen LogP contribution < -0.4 is 20.5 Å². The number of hydrogen-bond acceptors (Lipinski definition) is 7. The lowest BCUT2D eigenvalue weighted by molar-refractivity contribution is 0.0998. The van der Waals surface area contributed by atoms with Crippen LogP contribution in [0.1, 0.15) is 41.1 Å². The number of rotatable bonds is 9. The summed E-state index contributed by atoms with van der Waals surface area (Å²) in [4.78, 5) is 17.3. The zero-order chi connectivity index (χ0) is 28.5. The molecule has 1 aliphatic rings. The predicted molar refractivity (Wildman–Crippen MR) is 161 cm³/mol. The summed E-state index contributed by atoms with van der Waals surface area (Å²) in [6.45, 7) is 4.55. The van der Waals surface area contributed by atoms with Gasteiger partial charge in [0.25, 0.3) is 5.91 Å². The van der Waals surface area contributed by atoms with Crippen LogP contribution in [0.15, 0.2) is 61.2 Å². The molecule has 0 aliphatic carbocycles. The molecule has 5 aromatic rings. The molecule has 4 heterocycles. The van der Waals surface area contributed by atoms with E-state index in [1.54, 1.807) is 11.0 Å². The summed E-state index contributed by atoms with van der Waals surface area (Å²) in [6, 6.07) is 13.6. The van der Waals surface area contributed by atoms with Crippen LogP contribution in [-0.4, -0.2) is 44.9 Å². The molecule has 11 heteroatoms. The Balaban J connectivity index is 1.24. The number of aryl methyl sites for hydroxylation is 1. The number of thiophene rings is 1. The third kappa shape index (κ3) is 5.68. The van der Waals surface area contributed by atoms with Gasteiger partial charge >= 0.3 is 0 Å². The van der Waals surface area contributed by atoms with E-state index in [4.69, 9.17) is 26.8 Å². The number of ether oxygens (including phenoxy) is 2. The monoisotopic (exact) mass is 590 g/mol. The van der Waals surface area contributed by atoms with Crippen molar-refractivity contribution in [3.8, 4) is 27.6 Å². The van der Waals surface area contributed by atoms with Crippen molar-refractivity contribution in [3.05, 3.63) is 76.6 Å². The maximum Gasteiger partial charge on any atom is 0.262 e. The van der Waals surface area contributed by atoms with Crippen LogP contribution in [0.4, 0.5) is 0 Å². The first-order valence-corrected chi connectivity index (χ1v) is 14.8. The summed E-state index contributed by atoms with van der Waals surface area (Å²) in [5, 5.41) is 8.91. The van der Waals surface area contributed by atoms with Gasteiger partial charge in [0.15, 0.2) is 0 Å². The summed E-state index contributed by atoms with van der Waals surface area (Å²) >= 11 is 8.04. The first kappa shape index (κ1) is 27.3. The smallest absolute Gasteiger partial charge is 0.262 e. The van der Waals surface area contributed by atoms with Gasteiger partial charge in [-0.05, 0) is 62.5 Å². The van der Waals surface area contributed by atoms with Gasteiger partial charge in [-0.3, -0.25) is 14.0 Å². The fourth-order valence-corrected chi connectivity index (χ4v) is 6.40. The minimum Gasteiger partial charge on any atom is -0.492 e. The Bertz CT molecular complexity index is 1700. The lowest BCUT2D eigenvalue weighted by atomic mass is 9.99.